The first-order valence-corrected chi connectivity index (χ1v) is 16.1. The number of unbranched alkanes of at least 4 members (excludes halogenated alkanes) is 2. The molecule has 0 N–H and O–H groups in total. The monoisotopic (exact) mass is 556 g/mol. The zero-order valence-corrected chi connectivity index (χ0v) is 26.5. The van der Waals surface area contributed by atoms with Gasteiger partial charge >= 0.3 is 0 Å². The molecule has 0 amide bonds. The van der Waals surface area contributed by atoms with Gasteiger partial charge in [0, 0.05) is 63.1 Å². The van der Waals surface area contributed by atoms with Gasteiger partial charge < -0.3 is 4.90 Å². The Labute approximate surface area is 249 Å². The molecule has 3 heterocycles. The minimum atomic E-state index is 0.730. The highest BCUT2D eigenvalue weighted by Gasteiger charge is 2.30. The molecule has 1 aliphatic carbocycles. The fraction of sp³-hybridized carbons (Fsp3) is 0.571. The van der Waals surface area contributed by atoms with Crippen LogP contribution in [0.3, 0.4) is 0 Å². The van der Waals surface area contributed by atoms with Crippen LogP contribution >= 0.6 is 0 Å². The number of nitrogens with zero attached hydrogens (tertiary/aromatic N) is 6. The molecule has 0 aromatic rings. The molecule has 3 aliphatic heterocycles. The molecule has 1 saturated heterocycles. The molecule has 1 unspecified atom stereocenters. The Bertz CT molecular complexity index is 1190. The Hall–Kier alpha value is -2.99. The van der Waals surface area contributed by atoms with E-state index in [1.54, 1.807) is 0 Å². The van der Waals surface area contributed by atoms with E-state index in [0.717, 1.165) is 92.9 Å². The maximum absolute atomic E-state index is 5.10. The maximum Gasteiger partial charge on any atom is 0.137 e. The second kappa shape index (κ2) is 15.3. The Balaban J connectivity index is 1.50. The summed E-state index contributed by atoms with van der Waals surface area (Å²) >= 11 is 0. The predicted octanol–water partition coefficient (Wildman–Crippen LogP) is 7.81. The first-order valence-electron chi connectivity index (χ1n) is 16.1. The van der Waals surface area contributed by atoms with E-state index < -0.39 is 0 Å². The van der Waals surface area contributed by atoms with Gasteiger partial charge in [0.1, 0.15) is 5.84 Å². The van der Waals surface area contributed by atoms with E-state index >= 15 is 0 Å². The molecule has 4 rings (SSSR count). The third kappa shape index (κ3) is 8.06. The van der Waals surface area contributed by atoms with Gasteiger partial charge in [-0.05, 0) is 80.9 Å². The smallest absolute Gasteiger partial charge is 0.137 e. The Morgan fingerprint density at radius 1 is 1.05 bits per heavy atom. The van der Waals surface area contributed by atoms with Crippen molar-refractivity contribution in [3.8, 4) is 0 Å². The number of allylic oxidation sites excluding steroid dienone is 6. The van der Waals surface area contributed by atoms with Crippen LogP contribution in [0.2, 0.25) is 0 Å². The van der Waals surface area contributed by atoms with Gasteiger partial charge in [-0.3, -0.25) is 19.8 Å². The van der Waals surface area contributed by atoms with E-state index in [1.807, 2.05) is 13.2 Å². The summed E-state index contributed by atoms with van der Waals surface area (Å²) in [4.78, 5) is 22.1. The van der Waals surface area contributed by atoms with Crippen LogP contribution in [0, 0.1) is 0 Å². The summed E-state index contributed by atoms with van der Waals surface area (Å²) < 4.78 is 0. The van der Waals surface area contributed by atoms with Crippen molar-refractivity contribution in [3.63, 3.8) is 0 Å². The topological polar surface area (TPSA) is 46.8 Å². The number of fused-ring (bicyclic) bond motifs is 1. The zero-order valence-electron chi connectivity index (χ0n) is 26.5. The van der Waals surface area contributed by atoms with E-state index in [4.69, 9.17) is 9.98 Å². The summed E-state index contributed by atoms with van der Waals surface area (Å²) in [6.45, 7) is 15.6. The lowest BCUT2D eigenvalue weighted by Gasteiger charge is -2.41. The molecule has 6 nitrogen and oxygen atoms in total. The summed E-state index contributed by atoms with van der Waals surface area (Å²) in [7, 11) is 1.86. The molecule has 222 valence electrons. The number of hydrogen-bond acceptors (Lipinski definition) is 6. The SMILES string of the molecule is CCC\C=C/N=C(CC)\C(C)=C\C(=N/C)C1=CC(=C2CC2)N2C=C(N3CCN(C(CC)CCCC)CC3)C=CC2=N1. The molecule has 1 saturated carbocycles. The third-order valence-electron chi connectivity index (χ3n) is 8.54. The van der Waals surface area contributed by atoms with Crippen molar-refractivity contribution < 1.29 is 0 Å². The molecule has 1 atom stereocenters. The van der Waals surface area contributed by atoms with Crippen molar-refractivity contribution in [2.24, 2.45) is 15.0 Å². The molecule has 0 aromatic heterocycles. The maximum atomic E-state index is 5.10. The molecule has 4 aliphatic rings. The third-order valence-corrected chi connectivity index (χ3v) is 8.54. The van der Waals surface area contributed by atoms with Gasteiger partial charge in [0.05, 0.1) is 17.1 Å². The summed E-state index contributed by atoms with van der Waals surface area (Å²) in [6, 6.07) is 0.730. The average Bonchev–Trinajstić information content (AvgIpc) is 3.85. The van der Waals surface area contributed by atoms with Gasteiger partial charge in [0.25, 0.3) is 0 Å². The fourth-order valence-corrected chi connectivity index (χ4v) is 5.86. The van der Waals surface area contributed by atoms with E-state index in [2.05, 4.69) is 90.9 Å². The molecular formula is C35H52N6. The molecular weight excluding hydrogens is 504 g/mol. The lowest BCUT2D eigenvalue weighted by Crippen LogP contribution is -2.50. The predicted molar refractivity (Wildman–Crippen MR) is 176 cm³/mol. The summed E-state index contributed by atoms with van der Waals surface area (Å²) in [5.74, 6) is 0.976. The number of hydrogen-bond donors (Lipinski definition) is 0. The highest BCUT2D eigenvalue weighted by atomic mass is 15.3. The Morgan fingerprint density at radius 2 is 1.83 bits per heavy atom. The van der Waals surface area contributed by atoms with Crippen LogP contribution in [0.15, 0.2) is 86.0 Å². The van der Waals surface area contributed by atoms with Crippen molar-refractivity contribution >= 4 is 17.3 Å². The van der Waals surface area contributed by atoms with Crippen molar-refractivity contribution in [3.05, 3.63) is 71.0 Å². The van der Waals surface area contributed by atoms with Crippen LogP contribution in [0.1, 0.15) is 92.4 Å². The first kappa shape index (κ1) is 31.0. The molecule has 2 fully saturated rings. The van der Waals surface area contributed by atoms with E-state index in [-0.39, 0.29) is 0 Å². The largest absolute Gasteiger partial charge is 0.368 e. The van der Waals surface area contributed by atoms with Crippen LogP contribution in [-0.4, -0.2) is 71.2 Å². The van der Waals surface area contributed by atoms with Gasteiger partial charge in [-0.15, -0.1) is 0 Å². The number of piperazine rings is 1. The van der Waals surface area contributed by atoms with Crippen LogP contribution in [0.25, 0.3) is 0 Å². The number of aliphatic imine (C=N–C) groups is 3. The van der Waals surface area contributed by atoms with Gasteiger partial charge in [-0.1, -0.05) is 53.0 Å². The van der Waals surface area contributed by atoms with Gasteiger partial charge in [0.15, 0.2) is 0 Å². The highest BCUT2D eigenvalue weighted by Crippen LogP contribution is 2.38. The van der Waals surface area contributed by atoms with Crippen molar-refractivity contribution in [2.45, 2.75) is 98.4 Å². The summed E-state index contributed by atoms with van der Waals surface area (Å²) in [6.07, 6.45) is 25.8. The van der Waals surface area contributed by atoms with Crippen LogP contribution < -0.4 is 0 Å². The van der Waals surface area contributed by atoms with Crippen LogP contribution in [0.4, 0.5) is 0 Å². The van der Waals surface area contributed by atoms with Crippen molar-refractivity contribution in [1.82, 2.24) is 14.7 Å². The average molecular weight is 557 g/mol. The summed E-state index contributed by atoms with van der Waals surface area (Å²) in [5, 5.41) is 0. The standard InChI is InChI=1S/C35H52N6/c1-7-11-13-19-37-31(10-4)27(5)24-32(36-6)33-25-34(28-15-16-28)41-26-30(17-18-35(41)38-33)40-22-20-39(21-23-40)29(9-3)14-12-8-2/h13,17-19,24-26,29H,7-12,14-16,20-23H2,1-6H3/b19-13-,27-24+,36-32+,37-31-. The van der Waals surface area contributed by atoms with Gasteiger partial charge in [-0.25, -0.2) is 4.99 Å². The summed E-state index contributed by atoms with van der Waals surface area (Å²) in [5.41, 5.74) is 8.12. The van der Waals surface area contributed by atoms with Crippen LogP contribution in [-0.2, 0) is 0 Å². The van der Waals surface area contributed by atoms with E-state index in [9.17, 15) is 0 Å². The lowest BCUT2D eigenvalue weighted by atomic mass is 10.0. The first-order chi connectivity index (χ1) is 20.0. The van der Waals surface area contributed by atoms with Crippen LogP contribution in [0.5, 0.6) is 0 Å². The second-order valence-corrected chi connectivity index (χ2v) is 11.5. The minimum absolute atomic E-state index is 0.730. The highest BCUT2D eigenvalue weighted by molar-refractivity contribution is 6.16. The van der Waals surface area contributed by atoms with Gasteiger partial charge in [0.2, 0.25) is 0 Å². The quantitative estimate of drug-likeness (QED) is 0.217. The molecule has 0 bridgehead atoms. The Kier molecular flexibility index (Phi) is 11.6. The van der Waals surface area contributed by atoms with Crippen molar-refractivity contribution in [1.29, 1.82) is 0 Å². The fourth-order valence-electron chi connectivity index (χ4n) is 5.86. The minimum Gasteiger partial charge on any atom is -0.368 e. The molecule has 41 heavy (non-hydrogen) atoms. The second-order valence-electron chi connectivity index (χ2n) is 11.5. The normalized spacial score (nSPS) is 21.3. The lowest BCUT2D eigenvalue weighted by molar-refractivity contribution is 0.108. The zero-order chi connectivity index (χ0) is 29.2. The molecule has 0 spiro atoms. The Morgan fingerprint density at radius 3 is 2.46 bits per heavy atom. The molecule has 0 radical (unpaired) electrons. The van der Waals surface area contributed by atoms with E-state index in [1.165, 1.54) is 42.7 Å². The van der Waals surface area contributed by atoms with E-state index in [0.29, 0.717) is 0 Å². The molecule has 0 aromatic carbocycles. The number of rotatable bonds is 13. The number of amidine groups is 1. The molecule has 6 heteroatoms. The van der Waals surface area contributed by atoms with Crippen molar-refractivity contribution in [2.75, 3.05) is 33.2 Å². The van der Waals surface area contributed by atoms with Gasteiger partial charge in [-0.2, -0.15) is 0 Å².